The monoisotopic (exact) mass is 296 g/mol. The van der Waals surface area contributed by atoms with E-state index in [1.807, 2.05) is 6.92 Å². The Kier molecular flexibility index (Phi) is 4.15. The first kappa shape index (κ1) is 14.6. The maximum absolute atomic E-state index is 11.9. The smallest absolute Gasteiger partial charge is 0.320 e. The number of rotatable bonds is 5. The Hall–Kier alpha value is -1.80. The molecule has 0 aliphatic heterocycles. The normalized spacial score (nSPS) is 13.0. The van der Waals surface area contributed by atoms with Crippen LogP contribution >= 0.6 is 11.3 Å². The van der Waals surface area contributed by atoms with E-state index >= 15 is 0 Å². The van der Waals surface area contributed by atoms with Gasteiger partial charge < -0.3 is 5.11 Å². The summed E-state index contributed by atoms with van der Waals surface area (Å²) in [5.41, 5.74) is 0.314. The molecule has 0 saturated heterocycles. The van der Waals surface area contributed by atoms with Gasteiger partial charge in [-0.3, -0.25) is 14.5 Å². The van der Waals surface area contributed by atoms with E-state index in [9.17, 15) is 9.59 Å². The van der Waals surface area contributed by atoms with Gasteiger partial charge in [0.05, 0.1) is 5.69 Å². The Morgan fingerprint density at radius 2 is 2.30 bits per heavy atom. The van der Waals surface area contributed by atoms with Crippen molar-refractivity contribution in [3.05, 3.63) is 27.1 Å². The topological polar surface area (TPSA) is 87.8 Å². The van der Waals surface area contributed by atoms with Gasteiger partial charge in [-0.1, -0.05) is 18.3 Å². The molecule has 2 aromatic rings. The van der Waals surface area contributed by atoms with Gasteiger partial charge in [0, 0.05) is 12.6 Å². The minimum absolute atomic E-state index is 0.239. The van der Waals surface area contributed by atoms with Crippen molar-refractivity contribution in [3.63, 3.8) is 0 Å². The molecule has 0 spiro atoms. The predicted octanol–water partition coefficient (Wildman–Crippen LogP) is 0.618. The van der Waals surface area contributed by atoms with Crippen molar-refractivity contribution in [2.24, 2.45) is 0 Å². The molecule has 1 unspecified atom stereocenters. The van der Waals surface area contributed by atoms with Gasteiger partial charge in [0.1, 0.15) is 11.0 Å². The molecule has 0 fully saturated rings. The molecule has 2 rings (SSSR count). The van der Waals surface area contributed by atoms with E-state index < -0.39 is 12.0 Å². The van der Waals surface area contributed by atoms with Crippen LogP contribution in [0, 0.1) is 0 Å². The van der Waals surface area contributed by atoms with Crippen molar-refractivity contribution >= 4 is 22.3 Å². The van der Waals surface area contributed by atoms with Gasteiger partial charge in [-0.15, -0.1) is 0 Å². The fraction of sp³-hybridized carbons (Fsp3) is 0.500. The van der Waals surface area contributed by atoms with Gasteiger partial charge in [-0.25, -0.2) is 4.98 Å². The fourth-order valence-electron chi connectivity index (χ4n) is 1.70. The second-order valence-corrected chi connectivity index (χ2v) is 5.60. The SMILES string of the molecule is CCc1nn2c(=O)cc(CN(C)C(C)C(=O)O)nc2s1. The summed E-state index contributed by atoms with van der Waals surface area (Å²) in [6, 6.07) is 0.764. The zero-order valence-corrected chi connectivity index (χ0v) is 12.3. The van der Waals surface area contributed by atoms with Crippen molar-refractivity contribution in [2.45, 2.75) is 32.9 Å². The molecule has 0 aliphatic carbocycles. The van der Waals surface area contributed by atoms with Gasteiger partial charge in [0.25, 0.3) is 5.56 Å². The molecule has 8 heteroatoms. The van der Waals surface area contributed by atoms with Gasteiger partial charge in [0.2, 0.25) is 4.96 Å². The second kappa shape index (κ2) is 5.68. The number of carboxylic acids is 1. The van der Waals surface area contributed by atoms with Crippen LogP contribution in [0.4, 0.5) is 0 Å². The molecule has 1 atom stereocenters. The first-order valence-electron chi connectivity index (χ1n) is 6.24. The maximum atomic E-state index is 11.9. The number of aromatic nitrogens is 3. The van der Waals surface area contributed by atoms with Crippen LogP contribution in [0.5, 0.6) is 0 Å². The highest BCUT2D eigenvalue weighted by Gasteiger charge is 2.18. The molecule has 108 valence electrons. The van der Waals surface area contributed by atoms with Gasteiger partial charge in [-0.2, -0.15) is 9.61 Å². The van der Waals surface area contributed by atoms with Crippen molar-refractivity contribution in [2.75, 3.05) is 7.05 Å². The largest absolute Gasteiger partial charge is 0.480 e. The first-order chi connectivity index (χ1) is 9.42. The molecule has 20 heavy (non-hydrogen) atoms. The Balaban J connectivity index is 2.31. The summed E-state index contributed by atoms with van der Waals surface area (Å²) in [4.78, 5) is 29.4. The van der Waals surface area contributed by atoms with Crippen LogP contribution in [0.25, 0.3) is 4.96 Å². The summed E-state index contributed by atoms with van der Waals surface area (Å²) < 4.78 is 1.29. The summed E-state index contributed by atoms with van der Waals surface area (Å²) in [5, 5.41) is 14.0. The average molecular weight is 296 g/mol. The van der Waals surface area contributed by atoms with Crippen molar-refractivity contribution in [1.29, 1.82) is 0 Å². The summed E-state index contributed by atoms with van der Waals surface area (Å²) in [7, 11) is 1.69. The Labute approximate surface area is 119 Å². The van der Waals surface area contributed by atoms with Gasteiger partial charge >= 0.3 is 5.97 Å². The molecule has 0 aromatic carbocycles. The second-order valence-electron chi connectivity index (χ2n) is 4.56. The van der Waals surface area contributed by atoms with E-state index in [0.717, 1.165) is 11.4 Å². The molecule has 1 N–H and O–H groups in total. The molecule has 7 nitrogen and oxygen atoms in total. The zero-order valence-electron chi connectivity index (χ0n) is 11.5. The van der Waals surface area contributed by atoms with E-state index in [-0.39, 0.29) is 5.56 Å². The fourth-order valence-corrected chi connectivity index (χ4v) is 2.56. The molecule has 0 bridgehead atoms. The number of hydrogen-bond donors (Lipinski definition) is 1. The lowest BCUT2D eigenvalue weighted by Gasteiger charge is -2.20. The van der Waals surface area contributed by atoms with Crippen molar-refractivity contribution < 1.29 is 9.90 Å². The average Bonchev–Trinajstić information content (AvgIpc) is 2.81. The minimum atomic E-state index is -0.906. The highest BCUT2D eigenvalue weighted by molar-refractivity contribution is 7.16. The molecule has 2 heterocycles. The molecule has 0 amide bonds. The van der Waals surface area contributed by atoms with Crippen LogP contribution in [0.2, 0.25) is 0 Å². The van der Waals surface area contributed by atoms with E-state index in [4.69, 9.17) is 5.11 Å². The minimum Gasteiger partial charge on any atom is -0.480 e. The van der Waals surface area contributed by atoms with Crippen molar-refractivity contribution in [1.82, 2.24) is 19.5 Å². The Morgan fingerprint density at radius 3 is 2.90 bits per heavy atom. The van der Waals surface area contributed by atoms with Crippen LogP contribution in [0.1, 0.15) is 24.5 Å². The van der Waals surface area contributed by atoms with E-state index in [0.29, 0.717) is 17.2 Å². The highest BCUT2D eigenvalue weighted by atomic mass is 32.1. The first-order valence-corrected chi connectivity index (χ1v) is 7.05. The zero-order chi connectivity index (χ0) is 14.9. The Morgan fingerprint density at radius 1 is 1.60 bits per heavy atom. The van der Waals surface area contributed by atoms with Crippen LogP contribution in [-0.2, 0) is 17.8 Å². The third-order valence-electron chi connectivity index (χ3n) is 3.07. The number of carbonyl (C=O) groups is 1. The van der Waals surface area contributed by atoms with Gasteiger partial charge in [-0.05, 0) is 20.4 Å². The van der Waals surface area contributed by atoms with Crippen LogP contribution in [0.3, 0.4) is 0 Å². The number of hydrogen-bond acceptors (Lipinski definition) is 6. The van der Waals surface area contributed by atoms with E-state index in [1.165, 1.54) is 21.9 Å². The summed E-state index contributed by atoms with van der Waals surface area (Å²) >= 11 is 1.37. The molecular weight excluding hydrogens is 280 g/mol. The summed E-state index contributed by atoms with van der Waals surface area (Å²) in [6.45, 7) is 3.86. The number of aryl methyl sites for hydroxylation is 1. The molecule has 0 saturated carbocycles. The lowest BCUT2D eigenvalue weighted by atomic mass is 10.3. The quantitative estimate of drug-likeness (QED) is 0.870. The molecule has 0 aliphatic rings. The number of likely N-dealkylation sites (N-methyl/N-ethyl adjacent to an activating group) is 1. The maximum Gasteiger partial charge on any atom is 0.320 e. The van der Waals surface area contributed by atoms with Crippen LogP contribution < -0.4 is 5.56 Å². The number of aliphatic carboxylic acids is 1. The van der Waals surface area contributed by atoms with Crippen LogP contribution in [-0.4, -0.2) is 43.7 Å². The number of nitrogens with zero attached hydrogens (tertiary/aromatic N) is 4. The number of carboxylic acid groups (broad SMARTS) is 1. The lowest BCUT2D eigenvalue weighted by Crippen LogP contribution is -2.35. The predicted molar refractivity (Wildman–Crippen MR) is 75.1 cm³/mol. The van der Waals surface area contributed by atoms with E-state index in [1.54, 1.807) is 18.9 Å². The van der Waals surface area contributed by atoms with E-state index in [2.05, 4.69) is 10.1 Å². The number of fused-ring (bicyclic) bond motifs is 1. The highest BCUT2D eigenvalue weighted by Crippen LogP contribution is 2.12. The van der Waals surface area contributed by atoms with Crippen LogP contribution in [0.15, 0.2) is 10.9 Å². The third kappa shape index (κ3) is 2.86. The third-order valence-corrected chi connectivity index (χ3v) is 4.13. The molecule has 2 aromatic heterocycles. The van der Waals surface area contributed by atoms with Crippen molar-refractivity contribution in [3.8, 4) is 0 Å². The summed E-state index contributed by atoms with van der Waals surface area (Å²) in [6.07, 6.45) is 0.749. The van der Waals surface area contributed by atoms with Gasteiger partial charge in [0.15, 0.2) is 0 Å². The standard InChI is InChI=1S/C12H16N4O3S/c1-4-9-14-16-10(17)5-8(13-12(16)20-9)6-15(3)7(2)11(18)19/h5,7H,4,6H2,1-3H3,(H,18,19). The summed E-state index contributed by atoms with van der Waals surface area (Å²) in [5.74, 6) is -0.906. The molecule has 0 radical (unpaired) electrons. The lowest BCUT2D eigenvalue weighted by molar-refractivity contribution is -0.142. The Bertz CT molecular complexity index is 694. The molecular formula is C12H16N4O3S.